The summed E-state index contributed by atoms with van der Waals surface area (Å²) in [5.74, 6) is 1.22. The molecule has 1 saturated heterocycles. The number of ether oxygens (including phenoxy) is 5. The van der Waals surface area contributed by atoms with E-state index in [1.165, 1.54) is 0 Å². The lowest BCUT2D eigenvalue weighted by atomic mass is 9.98. The van der Waals surface area contributed by atoms with Crippen molar-refractivity contribution in [3.63, 3.8) is 0 Å². The van der Waals surface area contributed by atoms with Gasteiger partial charge in [-0.1, -0.05) is 66.7 Å². The highest BCUT2D eigenvalue weighted by Gasteiger charge is 2.28. The molecule has 3 heterocycles. The number of para-hydroxylation sites is 1. The van der Waals surface area contributed by atoms with Gasteiger partial charge in [0.25, 0.3) is 0 Å². The number of rotatable bonds is 18. The van der Waals surface area contributed by atoms with Crippen molar-refractivity contribution in [2.75, 3.05) is 51.0 Å². The lowest BCUT2D eigenvalue weighted by molar-refractivity contribution is 0.0513. The number of morpholine rings is 1. The van der Waals surface area contributed by atoms with Crippen LogP contribution in [0.5, 0.6) is 11.5 Å². The first kappa shape index (κ1) is 38.4. The van der Waals surface area contributed by atoms with E-state index in [-0.39, 0.29) is 19.2 Å². The summed E-state index contributed by atoms with van der Waals surface area (Å²) in [5, 5.41) is 8.15. The molecule has 0 atom stereocenters. The monoisotopic (exact) mass is 754 g/mol. The zero-order valence-electron chi connectivity index (χ0n) is 32.4. The normalized spacial score (nSPS) is 12.9. The van der Waals surface area contributed by atoms with Crippen molar-refractivity contribution in [1.29, 1.82) is 0 Å². The average molecular weight is 755 g/mol. The zero-order valence-corrected chi connectivity index (χ0v) is 32.4. The number of nitrogens with zero attached hydrogens (tertiary/aromatic N) is 4. The Bertz CT molecular complexity index is 2300. The van der Waals surface area contributed by atoms with Crippen LogP contribution in [0, 0.1) is 0 Å². The van der Waals surface area contributed by atoms with E-state index in [0.29, 0.717) is 44.9 Å². The van der Waals surface area contributed by atoms with Gasteiger partial charge in [-0.2, -0.15) is 5.10 Å². The third-order valence-corrected chi connectivity index (χ3v) is 10.1. The van der Waals surface area contributed by atoms with Crippen LogP contribution in [0.4, 0.5) is 5.69 Å². The molecular weight excluding hydrogens is 705 g/mol. The second kappa shape index (κ2) is 18.2. The number of benzene rings is 4. The Morgan fingerprint density at radius 1 is 0.893 bits per heavy atom. The average Bonchev–Trinajstić information content (AvgIpc) is 3.72. The van der Waals surface area contributed by atoms with Crippen LogP contribution in [0.15, 0.2) is 110 Å². The molecule has 10 heteroatoms. The van der Waals surface area contributed by atoms with Gasteiger partial charge >= 0.3 is 5.97 Å². The molecule has 2 aromatic heterocycles. The number of carbonyl (C=O) groups is 1. The molecule has 56 heavy (non-hydrogen) atoms. The standard InChI is InChI=1S/C46H50N4O6/c1-5-24-50-44-37(38(45(50)46(51)54-7-3)18-12-28-55-42-19-10-14-33-13-8-9-15-36(33)42)16-11-17-39(44)43-40(47-48(4)41(43)32-53-27-6-2)31-56-35-22-20-34(21-23-35)49-25-29-52-30-26-49/h5-6,8-11,13-17,19-23H,1-2,7,12,18,24-32H2,3-4H3. The van der Waals surface area contributed by atoms with Gasteiger partial charge in [-0.25, -0.2) is 4.79 Å². The Hall–Kier alpha value is -5.84. The molecule has 10 nitrogen and oxygen atoms in total. The Kier molecular flexibility index (Phi) is 12.5. The van der Waals surface area contributed by atoms with E-state index in [9.17, 15) is 4.79 Å². The highest BCUT2D eigenvalue weighted by Crippen LogP contribution is 2.39. The third-order valence-electron chi connectivity index (χ3n) is 10.1. The Balaban J connectivity index is 1.25. The van der Waals surface area contributed by atoms with Crippen LogP contribution in [-0.2, 0) is 47.4 Å². The van der Waals surface area contributed by atoms with E-state index < -0.39 is 0 Å². The van der Waals surface area contributed by atoms with Gasteiger partial charge in [-0.3, -0.25) is 4.68 Å². The molecule has 7 rings (SSSR count). The number of hydrogen-bond donors (Lipinski definition) is 0. The van der Waals surface area contributed by atoms with E-state index in [2.05, 4.69) is 60.5 Å². The van der Waals surface area contributed by atoms with Gasteiger partial charge in [0.15, 0.2) is 0 Å². The summed E-state index contributed by atoms with van der Waals surface area (Å²) < 4.78 is 33.9. The predicted molar refractivity (Wildman–Crippen MR) is 222 cm³/mol. The van der Waals surface area contributed by atoms with Crippen molar-refractivity contribution < 1.29 is 28.5 Å². The lowest BCUT2D eigenvalue weighted by Crippen LogP contribution is -2.36. The first-order valence-electron chi connectivity index (χ1n) is 19.3. The summed E-state index contributed by atoms with van der Waals surface area (Å²) in [6.45, 7) is 15.0. The van der Waals surface area contributed by atoms with E-state index >= 15 is 0 Å². The van der Waals surface area contributed by atoms with Crippen molar-refractivity contribution >= 4 is 33.3 Å². The summed E-state index contributed by atoms with van der Waals surface area (Å²) >= 11 is 0. The largest absolute Gasteiger partial charge is 0.493 e. The minimum absolute atomic E-state index is 0.225. The molecule has 0 aliphatic carbocycles. The van der Waals surface area contributed by atoms with E-state index in [1.54, 1.807) is 6.08 Å². The highest BCUT2D eigenvalue weighted by atomic mass is 16.5. The van der Waals surface area contributed by atoms with Gasteiger partial charge in [0.2, 0.25) is 0 Å². The molecule has 6 aromatic rings. The Labute approximate surface area is 328 Å². The number of carbonyl (C=O) groups excluding carboxylic acids is 1. The third kappa shape index (κ3) is 8.22. The molecule has 0 spiro atoms. The van der Waals surface area contributed by atoms with Crippen molar-refractivity contribution in [3.8, 4) is 22.6 Å². The fourth-order valence-corrected chi connectivity index (χ4v) is 7.59. The quantitative estimate of drug-likeness (QED) is 0.0490. The first-order chi connectivity index (χ1) is 27.5. The van der Waals surface area contributed by atoms with Crippen LogP contribution in [0.25, 0.3) is 32.8 Å². The van der Waals surface area contributed by atoms with E-state index in [1.807, 2.05) is 71.8 Å². The lowest BCUT2D eigenvalue weighted by Gasteiger charge is -2.28. The van der Waals surface area contributed by atoms with Crippen LogP contribution >= 0.6 is 0 Å². The maximum Gasteiger partial charge on any atom is 0.355 e. The molecule has 0 radical (unpaired) electrons. The molecule has 1 aliphatic rings. The van der Waals surface area contributed by atoms with Gasteiger partial charge in [0.1, 0.15) is 29.5 Å². The van der Waals surface area contributed by atoms with Crippen molar-refractivity contribution in [1.82, 2.24) is 14.3 Å². The molecule has 0 N–H and O–H groups in total. The molecule has 0 bridgehead atoms. The Morgan fingerprint density at radius 2 is 1.66 bits per heavy atom. The SMILES string of the molecule is C=CCOCc1c(-c2cccc3c(CCCOc4cccc5ccccc45)c(C(=O)OCC)n(CC=C)c23)c(COc2ccc(N3CCOCC3)cc2)nn1C. The van der Waals surface area contributed by atoms with Gasteiger partial charge < -0.3 is 33.2 Å². The van der Waals surface area contributed by atoms with E-state index in [0.717, 1.165) is 93.2 Å². The minimum atomic E-state index is -0.369. The summed E-state index contributed by atoms with van der Waals surface area (Å²) in [4.78, 5) is 16.2. The minimum Gasteiger partial charge on any atom is -0.493 e. The summed E-state index contributed by atoms with van der Waals surface area (Å²) in [6, 6.07) is 28.7. The zero-order chi connectivity index (χ0) is 38.9. The van der Waals surface area contributed by atoms with Crippen LogP contribution in [0.2, 0.25) is 0 Å². The second-order valence-electron chi connectivity index (χ2n) is 13.7. The molecular formula is C46H50N4O6. The number of esters is 1. The van der Waals surface area contributed by atoms with Crippen LogP contribution in [-0.4, -0.2) is 66.4 Å². The fraction of sp³-hybridized carbons (Fsp3) is 0.304. The van der Waals surface area contributed by atoms with Gasteiger partial charge in [0.05, 0.1) is 50.9 Å². The summed E-state index contributed by atoms with van der Waals surface area (Å²) in [5.41, 5.74) is 6.92. The van der Waals surface area contributed by atoms with Crippen LogP contribution in [0.3, 0.4) is 0 Å². The second-order valence-corrected chi connectivity index (χ2v) is 13.7. The fourth-order valence-electron chi connectivity index (χ4n) is 7.59. The number of fused-ring (bicyclic) bond motifs is 2. The van der Waals surface area contributed by atoms with Gasteiger partial charge in [-0.15, -0.1) is 13.2 Å². The van der Waals surface area contributed by atoms with Crippen molar-refractivity contribution in [3.05, 3.63) is 133 Å². The highest BCUT2D eigenvalue weighted by molar-refractivity contribution is 6.05. The molecule has 4 aromatic carbocycles. The molecule has 1 aliphatic heterocycles. The number of aromatic nitrogens is 3. The Morgan fingerprint density at radius 3 is 2.45 bits per heavy atom. The van der Waals surface area contributed by atoms with Gasteiger partial charge in [-0.05, 0) is 61.0 Å². The molecule has 1 fully saturated rings. The summed E-state index contributed by atoms with van der Waals surface area (Å²) in [7, 11) is 1.92. The maximum absolute atomic E-state index is 13.9. The molecule has 0 unspecified atom stereocenters. The van der Waals surface area contributed by atoms with Crippen LogP contribution < -0.4 is 14.4 Å². The van der Waals surface area contributed by atoms with Gasteiger partial charge in [0, 0.05) is 54.3 Å². The van der Waals surface area contributed by atoms with E-state index in [4.69, 9.17) is 28.8 Å². The van der Waals surface area contributed by atoms with Crippen molar-refractivity contribution in [2.24, 2.45) is 7.05 Å². The topological polar surface area (TPSA) is 89.2 Å². The van der Waals surface area contributed by atoms with Crippen molar-refractivity contribution in [2.45, 2.75) is 39.5 Å². The van der Waals surface area contributed by atoms with Crippen LogP contribution in [0.1, 0.15) is 40.8 Å². The predicted octanol–water partition coefficient (Wildman–Crippen LogP) is 8.69. The number of aryl methyl sites for hydroxylation is 2. The molecule has 0 amide bonds. The molecule has 290 valence electrons. The number of allylic oxidation sites excluding steroid dienone is 1. The number of anilines is 1. The number of hydrogen-bond acceptors (Lipinski definition) is 8. The first-order valence-corrected chi connectivity index (χ1v) is 19.3. The maximum atomic E-state index is 13.9. The summed E-state index contributed by atoms with van der Waals surface area (Å²) in [6.07, 6.45) is 4.83. The smallest absolute Gasteiger partial charge is 0.355 e. The molecule has 0 saturated carbocycles.